The van der Waals surface area contributed by atoms with E-state index >= 15 is 0 Å². The second-order valence-corrected chi connectivity index (χ2v) is 38.3. The number of carbonyl (C=O) groups excluding carboxylic acids is 1. The standard InChI is InChI=1S/C20H22N3O3.C5H5.Fe/c24-15-26-20(16-6-4-5-7-16,12-18-10-11-22-23-18)13-19(25)14-21-17-8-2-1-3-9-17;1-2-4-5-3-1;/h1-11,15,19,21,25H,12-14H2,(H,22,23);1-5H;. The van der Waals surface area contributed by atoms with Crippen molar-refractivity contribution in [2.75, 3.05) is 11.9 Å². The molecule has 11 heterocycles. The Morgan fingerprint density at radius 3 is 2.31 bits per heavy atom. The molecule has 2 aromatic rings. The molecule has 10 fully saturated rings. The quantitative estimate of drug-likeness (QED) is 0.350. The van der Waals surface area contributed by atoms with Gasteiger partial charge in [-0.05, 0) is 0 Å². The number of aromatic nitrogens is 2. The number of nitrogens with zero attached hydrogens (tertiary/aromatic N) is 1. The van der Waals surface area contributed by atoms with Crippen LogP contribution in [0.25, 0.3) is 0 Å². The predicted octanol–water partition coefficient (Wildman–Crippen LogP) is 4.49. The number of fused-ring (bicyclic) bond motifs is 10. The average Bonchev–Trinajstić information content (AvgIpc) is 3.68. The number of carbonyl (C=O) groups is 1. The van der Waals surface area contributed by atoms with Crippen LogP contribution in [0, 0.1) is 0 Å². The molecular formula is C25H27FeN3O3. The summed E-state index contributed by atoms with van der Waals surface area (Å²) in [6.07, 6.45) is 2.48. The third kappa shape index (κ3) is 0.322. The summed E-state index contributed by atoms with van der Waals surface area (Å²) in [6, 6.07) is 12.1. The summed E-state index contributed by atoms with van der Waals surface area (Å²) in [5.41, 5.74) is 1.51. The van der Waals surface area contributed by atoms with Gasteiger partial charge in [-0.25, -0.2) is 0 Å². The van der Waals surface area contributed by atoms with E-state index < -0.39 is 18.2 Å². The Morgan fingerprint density at radius 1 is 1.12 bits per heavy atom. The van der Waals surface area contributed by atoms with Crippen LogP contribution in [0.5, 0.6) is 0 Å². The molecule has 32 heavy (non-hydrogen) atoms. The monoisotopic (exact) mass is 473 g/mol. The molecule has 0 bridgehead atoms. The summed E-state index contributed by atoms with van der Waals surface area (Å²) in [5, 5.41) is 22.1. The number of nitrogens with one attached hydrogen (secondary N) is 2. The number of ether oxygens (including phenoxy) is 1. The maximum atomic E-state index is 12.1. The molecule has 10 aliphatic heterocycles. The molecule has 1 aromatic heterocycles. The molecule has 12 rings (SSSR count). The molecule has 10 saturated heterocycles. The van der Waals surface area contributed by atoms with Gasteiger partial charge in [0.1, 0.15) is 0 Å². The van der Waals surface area contributed by atoms with E-state index in [1.165, 1.54) is 0 Å². The number of hydrogen-bond donors (Lipinski definition) is 3. The Morgan fingerprint density at radius 2 is 1.81 bits per heavy atom. The van der Waals surface area contributed by atoms with Crippen LogP contribution in [0.2, 0.25) is 47.7 Å². The van der Waals surface area contributed by atoms with E-state index in [0.29, 0.717) is 23.7 Å². The van der Waals surface area contributed by atoms with Crippen LogP contribution in [0.15, 0.2) is 42.6 Å². The number of benzene rings is 1. The minimum atomic E-state index is -3.61. The Balaban J connectivity index is 1.01. The van der Waals surface area contributed by atoms with Crippen molar-refractivity contribution in [2.24, 2.45) is 0 Å². The fourth-order valence-electron chi connectivity index (χ4n) is 20.0. The predicted molar refractivity (Wildman–Crippen MR) is 114 cm³/mol. The molecule has 0 saturated carbocycles. The van der Waals surface area contributed by atoms with Crippen LogP contribution in [0.1, 0.15) is 12.1 Å². The van der Waals surface area contributed by atoms with Gasteiger partial charge in [0.05, 0.1) is 0 Å². The molecule has 6 atom stereocenters. The van der Waals surface area contributed by atoms with Crippen LogP contribution in [0.3, 0.4) is 0 Å². The van der Waals surface area contributed by atoms with E-state index in [2.05, 4.69) is 15.5 Å². The first-order valence-electron chi connectivity index (χ1n) is 12.2. The van der Waals surface area contributed by atoms with Crippen LogP contribution in [-0.2, 0) is 22.5 Å². The molecular weight excluding hydrogens is 446 g/mol. The first kappa shape index (κ1) is 15.2. The number of aliphatic hydroxyl groups excluding tert-OH is 1. The van der Waals surface area contributed by atoms with E-state index in [9.17, 15) is 9.90 Å². The van der Waals surface area contributed by atoms with Gasteiger partial charge in [0, 0.05) is 0 Å². The first-order chi connectivity index (χ1) is 15.4. The molecule has 6 nitrogen and oxygen atoms in total. The number of aliphatic hydroxyl groups is 1. The zero-order valence-corrected chi connectivity index (χ0v) is 18.7. The Hall–Kier alpha value is -1.82. The summed E-state index contributed by atoms with van der Waals surface area (Å²) < 4.78 is 6.70. The van der Waals surface area contributed by atoms with Crippen molar-refractivity contribution in [3.63, 3.8) is 0 Å². The molecule has 10 aliphatic rings. The topological polar surface area (TPSA) is 87.2 Å². The Kier molecular flexibility index (Phi) is 0.973. The molecule has 6 unspecified atom stereocenters. The van der Waals surface area contributed by atoms with Gasteiger partial charge in [-0.2, -0.15) is 0 Å². The summed E-state index contributed by atoms with van der Waals surface area (Å²) >= 11 is 0. The van der Waals surface area contributed by atoms with Gasteiger partial charge in [0.2, 0.25) is 0 Å². The summed E-state index contributed by atoms with van der Waals surface area (Å²) in [4.78, 5) is 22.0. The third-order valence-electron chi connectivity index (χ3n) is 18.6. The van der Waals surface area contributed by atoms with E-state index in [-0.39, 0.29) is 0 Å². The summed E-state index contributed by atoms with van der Waals surface area (Å²) in [5.74, 6) is 0. The average molecular weight is 473 g/mol. The van der Waals surface area contributed by atoms with Crippen molar-refractivity contribution in [1.29, 1.82) is 0 Å². The van der Waals surface area contributed by atoms with Gasteiger partial charge >= 0.3 is 176 Å². The van der Waals surface area contributed by atoms with Gasteiger partial charge in [-0.1, -0.05) is 0 Å². The van der Waals surface area contributed by atoms with Crippen LogP contribution >= 0.6 is 0 Å². The first-order valence-corrected chi connectivity index (χ1v) is 18.5. The number of H-pyrrole nitrogens is 1. The third-order valence-corrected chi connectivity index (χ3v) is 61.1. The Labute approximate surface area is 175 Å². The molecule has 0 amide bonds. The van der Waals surface area contributed by atoms with E-state index in [4.69, 9.17) is 4.74 Å². The van der Waals surface area contributed by atoms with Crippen molar-refractivity contribution in [3.05, 3.63) is 48.3 Å². The molecule has 168 valence electrons. The number of aromatic amines is 1. The SMILES string of the molecule is O=COC(Cc1ccn[nH]1)(CC(O)CNc1ccccc1)[C]12[CH]3[CH]4[CH]5[CH]1[Fe]45321678[CH]2[CH]1[CH]6[CH]7[CH]28. The van der Waals surface area contributed by atoms with Crippen molar-refractivity contribution < 1.29 is 21.1 Å². The Bertz CT molecular complexity index is 1570. The summed E-state index contributed by atoms with van der Waals surface area (Å²) in [7, 11) is 0. The van der Waals surface area contributed by atoms with Crippen LogP contribution in [-0.4, -0.2) is 40.0 Å². The number of hydrogen-bond acceptors (Lipinski definition) is 5. The van der Waals surface area contributed by atoms with Gasteiger partial charge in [-0.15, -0.1) is 0 Å². The second-order valence-electron chi connectivity index (χ2n) is 14.8. The van der Waals surface area contributed by atoms with Gasteiger partial charge in [0.15, 0.2) is 0 Å². The van der Waals surface area contributed by atoms with E-state index in [1.54, 1.807) is 6.20 Å². The fourth-order valence-corrected chi connectivity index (χ4v) is 95.6. The van der Waals surface area contributed by atoms with Crippen molar-refractivity contribution in [3.8, 4) is 0 Å². The van der Waals surface area contributed by atoms with E-state index in [1.807, 2.05) is 36.4 Å². The van der Waals surface area contributed by atoms with Crippen molar-refractivity contribution in [2.45, 2.75) is 72.2 Å². The molecule has 3 N–H and O–H groups in total. The minimum absolute atomic E-state index is 0.325. The molecule has 7 heteroatoms. The molecule has 1 aromatic carbocycles. The molecule has 1 spiro atoms. The van der Waals surface area contributed by atoms with Crippen LogP contribution in [0.4, 0.5) is 5.69 Å². The van der Waals surface area contributed by atoms with Crippen molar-refractivity contribution >= 4 is 12.2 Å². The fraction of sp³-hybridized carbons (Fsp3) is 0.600. The molecule has 0 aliphatic carbocycles. The zero-order valence-electron chi connectivity index (χ0n) is 17.6. The number of rotatable bonds is 10. The van der Waals surface area contributed by atoms with Gasteiger partial charge in [0.25, 0.3) is 0 Å². The van der Waals surface area contributed by atoms with Gasteiger partial charge in [-0.3, -0.25) is 0 Å². The normalized spacial score (nSPS) is 71.5. The number of para-hydroxylation sites is 1. The maximum absolute atomic E-state index is 12.1. The number of anilines is 1. The van der Waals surface area contributed by atoms with E-state index in [0.717, 1.165) is 61.2 Å². The summed E-state index contributed by atoms with van der Waals surface area (Å²) in [6.45, 7) is -2.42. The van der Waals surface area contributed by atoms with Crippen molar-refractivity contribution in [1.82, 2.24) is 10.2 Å². The zero-order chi connectivity index (χ0) is 20.9. The van der Waals surface area contributed by atoms with Gasteiger partial charge < -0.3 is 0 Å². The van der Waals surface area contributed by atoms with Crippen LogP contribution < -0.4 is 5.32 Å². The second kappa shape index (κ2) is 2.06. The molecule has 0 radical (unpaired) electrons.